The fourth-order valence-corrected chi connectivity index (χ4v) is 4.13. The molecule has 1 aromatic heterocycles. The van der Waals surface area contributed by atoms with Gasteiger partial charge in [-0.2, -0.15) is 0 Å². The van der Waals surface area contributed by atoms with Crippen molar-refractivity contribution in [2.75, 3.05) is 38.0 Å². The Hall–Kier alpha value is -3.62. The van der Waals surface area contributed by atoms with Crippen LogP contribution in [0.4, 0.5) is 10.1 Å². The molecule has 0 saturated carbocycles. The zero-order valence-corrected chi connectivity index (χ0v) is 18.9. The Morgan fingerprint density at radius 1 is 0.941 bits per heavy atom. The van der Waals surface area contributed by atoms with Crippen molar-refractivity contribution in [1.29, 1.82) is 0 Å². The third-order valence-electron chi connectivity index (χ3n) is 5.91. The average molecular weight is 462 g/mol. The van der Waals surface area contributed by atoms with Crippen LogP contribution in [0.3, 0.4) is 0 Å². The van der Waals surface area contributed by atoms with Crippen LogP contribution in [0.25, 0.3) is 0 Å². The van der Waals surface area contributed by atoms with Gasteiger partial charge in [0.1, 0.15) is 5.82 Å². The molecule has 1 aliphatic rings. The second-order valence-electron chi connectivity index (χ2n) is 8.27. The van der Waals surface area contributed by atoms with Gasteiger partial charge in [-0.05, 0) is 35.4 Å². The van der Waals surface area contributed by atoms with Gasteiger partial charge in [0.25, 0.3) is 0 Å². The maximum absolute atomic E-state index is 13.3. The van der Waals surface area contributed by atoms with Crippen molar-refractivity contribution in [2.24, 2.45) is 0 Å². The molecule has 3 aromatic rings. The quantitative estimate of drug-likeness (QED) is 0.529. The van der Waals surface area contributed by atoms with Gasteiger partial charge in [0.05, 0.1) is 6.04 Å². The predicted molar refractivity (Wildman–Crippen MR) is 128 cm³/mol. The normalized spacial score (nSPS) is 15.4. The first-order chi connectivity index (χ1) is 16.6. The molecular weight excluding hydrogens is 433 g/mol. The molecule has 2 aromatic carbocycles. The standard InChI is InChI=1S/C26H28FN5O2/c27-22-9-4-10-23(16-22)30-26(34)25(33)29-18-24(21-8-5-11-28-17-21)32-14-12-31(13-15-32)19-20-6-2-1-3-7-20/h1-11,16-17,24H,12-15,18-19H2,(H,29,33)(H,30,34). The van der Waals surface area contributed by atoms with Crippen LogP contribution in [-0.2, 0) is 16.1 Å². The van der Waals surface area contributed by atoms with Gasteiger partial charge in [-0.25, -0.2) is 4.39 Å². The van der Waals surface area contributed by atoms with E-state index in [0.717, 1.165) is 38.3 Å². The highest BCUT2D eigenvalue weighted by Crippen LogP contribution is 2.22. The summed E-state index contributed by atoms with van der Waals surface area (Å²) in [5.74, 6) is -2.08. The van der Waals surface area contributed by atoms with E-state index in [9.17, 15) is 14.0 Å². The summed E-state index contributed by atoms with van der Waals surface area (Å²) >= 11 is 0. The minimum Gasteiger partial charge on any atom is -0.346 e. The number of rotatable bonds is 7. The van der Waals surface area contributed by atoms with Gasteiger partial charge in [-0.15, -0.1) is 0 Å². The van der Waals surface area contributed by atoms with Crippen molar-refractivity contribution in [1.82, 2.24) is 20.1 Å². The lowest BCUT2D eigenvalue weighted by atomic mass is 10.1. The van der Waals surface area contributed by atoms with E-state index in [-0.39, 0.29) is 18.3 Å². The molecule has 0 radical (unpaired) electrons. The fourth-order valence-electron chi connectivity index (χ4n) is 4.13. The van der Waals surface area contributed by atoms with Gasteiger partial charge in [0.2, 0.25) is 0 Å². The number of nitrogens with zero attached hydrogens (tertiary/aromatic N) is 3. The van der Waals surface area contributed by atoms with Gasteiger partial charge < -0.3 is 10.6 Å². The number of aromatic nitrogens is 1. The number of anilines is 1. The highest BCUT2D eigenvalue weighted by molar-refractivity contribution is 6.39. The molecule has 34 heavy (non-hydrogen) atoms. The zero-order chi connectivity index (χ0) is 23.8. The second kappa shape index (κ2) is 11.5. The molecule has 2 N–H and O–H groups in total. The Morgan fingerprint density at radius 2 is 1.74 bits per heavy atom. The molecule has 1 atom stereocenters. The average Bonchev–Trinajstić information content (AvgIpc) is 2.86. The number of hydrogen-bond acceptors (Lipinski definition) is 5. The topological polar surface area (TPSA) is 77.6 Å². The van der Waals surface area contributed by atoms with Crippen LogP contribution in [0, 0.1) is 5.82 Å². The Bertz CT molecular complexity index is 1090. The van der Waals surface area contributed by atoms with E-state index in [0.29, 0.717) is 0 Å². The first-order valence-electron chi connectivity index (χ1n) is 11.3. The van der Waals surface area contributed by atoms with Crippen LogP contribution in [0.1, 0.15) is 17.2 Å². The van der Waals surface area contributed by atoms with E-state index in [4.69, 9.17) is 0 Å². The van der Waals surface area contributed by atoms with E-state index in [2.05, 4.69) is 49.7 Å². The van der Waals surface area contributed by atoms with Crippen LogP contribution in [0.15, 0.2) is 79.1 Å². The second-order valence-corrected chi connectivity index (χ2v) is 8.27. The SMILES string of the molecule is O=C(NCC(c1cccnc1)N1CCN(Cc2ccccc2)CC1)C(=O)Nc1cccc(F)c1. The number of halogens is 1. The first kappa shape index (κ1) is 23.5. The van der Waals surface area contributed by atoms with E-state index < -0.39 is 17.6 Å². The Kier molecular flexibility index (Phi) is 7.95. The van der Waals surface area contributed by atoms with Crippen molar-refractivity contribution in [3.63, 3.8) is 0 Å². The van der Waals surface area contributed by atoms with Crippen LogP contribution >= 0.6 is 0 Å². The third kappa shape index (κ3) is 6.46. The fraction of sp³-hybridized carbons (Fsp3) is 0.269. The molecule has 2 heterocycles. The molecule has 2 amide bonds. The summed E-state index contributed by atoms with van der Waals surface area (Å²) in [7, 11) is 0. The number of amides is 2. The van der Waals surface area contributed by atoms with Gasteiger partial charge in [0.15, 0.2) is 0 Å². The summed E-state index contributed by atoms with van der Waals surface area (Å²) in [5, 5.41) is 5.17. The smallest absolute Gasteiger partial charge is 0.313 e. The van der Waals surface area contributed by atoms with E-state index >= 15 is 0 Å². The monoisotopic (exact) mass is 461 g/mol. The molecule has 176 valence electrons. The summed E-state index contributed by atoms with van der Waals surface area (Å²) < 4.78 is 13.3. The molecule has 0 aliphatic carbocycles. The van der Waals surface area contributed by atoms with Gasteiger partial charge in [-0.3, -0.25) is 24.4 Å². The molecule has 1 unspecified atom stereocenters. The van der Waals surface area contributed by atoms with E-state index in [1.807, 2.05) is 18.2 Å². The summed E-state index contributed by atoms with van der Waals surface area (Å²) in [6.45, 7) is 4.64. The number of pyridine rings is 1. The lowest BCUT2D eigenvalue weighted by molar-refractivity contribution is -0.136. The Balaban J connectivity index is 1.35. The molecule has 0 spiro atoms. The van der Waals surface area contributed by atoms with E-state index in [1.165, 1.54) is 29.8 Å². The Morgan fingerprint density at radius 3 is 2.44 bits per heavy atom. The van der Waals surface area contributed by atoms with Crippen molar-refractivity contribution in [2.45, 2.75) is 12.6 Å². The highest BCUT2D eigenvalue weighted by Gasteiger charge is 2.26. The first-order valence-corrected chi connectivity index (χ1v) is 11.3. The summed E-state index contributed by atoms with van der Waals surface area (Å²) in [5.41, 5.74) is 2.50. The van der Waals surface area contributed by atoms with Gasteiger partial charge in [-0.1, -0.05) is 42.5 Å². The van der Waals surface area contributed by atoms with Crippen LogP contribution in [0.2, 0.25) is 0 Å². The molecule has 8 heteroatoms. The number of carbonyl (C=O) groups is 2. The zero-order valence-electron chi connectivity index (χ0n) is 18.9. The number of nitrogens with one attached hydrogen (secondary N) is 2. The predicted octanol–water partition coefficient (Wildman–Crippen LogP) is 2.83. The van der Waals surface area contributed by atoms with Crippen molar-refractivity contribution >= 4 is 17.5 Å². The third-order valence-corrected chi connectivity index (χ3v) is 5.91. The van der Waals surface area contributed by atoms with Crippen molar-refractivity contribution in [3.05, 3.63) is 96.1 Å². The molecule has 7 nitrogen and oxygen atoms in total. The van der Waals surface area contributed by atoms with Gasteiger partial charge in [0, 0.05) is 57.3 Å². The summed E-state index contributed by atoms with van der Waals surface area (Å²) in [4.78, 5) is 33.7. The number of hydrogen-bond donors (Lipinski definition) is 2. The summed E-state index contributed by atoms with van der Waals surface area (Å²) in [6.07, 6.45) is 3.50. The minimum absolute atomic E-state index is 0.113. The maximum Gasteiger partial charge on any atom is 0.313 e. The molecule has 1 fully saturated rings. The number of carbonyl (C=O) groups excluding carboxylic acids is 2. The van der Waals surface area contributed by atoms with Gasteiger partial charge >= 0.3 is 11.8 Å². The van der Waals surface area contributed by atoms with Crippen molar-refractivity contribution in [3.8, 4) is 0 Å². The minimum atomic E-state index is -0.830. The Labute approximate surface area is 198 Å². The lowest BCUT2D eigenvalue weighted by Crippen LogP contribution is -2.50. The molecule has 4 rings (SSSR count). The maximum atomic E-state index is 13.3. The summed E-state index contributed by atoms with van der Waals surface area (Å²) in [6, 6.07) is 19.6. The van der Waals surface area contributed by atoms with Crippen LogP contribution < -0.4 is 10.6 Å². The largest absolute Gasteiger partial charge is 0.346 e. The number of benzene rings is 2. The molecule has 1 saturated heterocycles. The number of piperazine rings is 1. The lowest BCUT2D eigenvalue weighted by Gasteiger charge is -2.39. The molecule has 1 aliphatic heterocycles. The molecular formula is C26H28FN5O2. The van der Waals surface area contributed by atoms with Crippen LogP contribution in [0.5, 0.6) is 0 Å². The van der Waals surface area contributed by atoms with Crippen molar-refractivity contribution < 1.29 is 14.0 Å². The highest BCUT2D eigenvalue weighted by atomic mass is 19.1. The van der Waals surface area contributed by atoms with E-state index in [1.54, 1.807) is 12.4 Å². The molecule has 0 bridgehead atoms. The van der Waals surface area contributed by atoms with Crippen LogP contribution in [-0.4, -0.2) is 59.3 Å².